The van der Waals surface area contributed by atoms with E-state index in [9.17, 15) is 0 Å². The van der Waals surface area contributed by atoms with Crippen LogP contribution in [0.3, 0.4) is 0 Å². The maximum absolute atomic E-state index is 4.31. The average molecular weight is 359 g/mol. The molecule has 0 aliphatic carbocycles. The fraction of sp³-hybridized carbons (Fsp3) is 0.167. The van der Waals surface area contributed by atoms with Crippen molar-refractivity contribution in [3.05, 3.63) is 71.2 Å². The van der Waals surface area contributed by atoms with Crippen molar-refractivity contribution >= 4 is 27.8 Å². The van der Waals surface area contributed by atoms with Gasteiger partial charge >= 0.3 is 5.13 Å². The second-order valence-electron chi connectivity index (χ2n) is 5.32. The molecule has 0 unspecified atom stereocenters. The van der Waals surface area contributed by atoms with Crippen molar-refractivity contribution in [3.63, 3.8) is 0 Å². The van der Waals surface area contributed by atoms with E-state index < -0.39 is 0 Å². The van der Waals surface area contributed by atoms with Crippen molar-refractivity contribution in [1.82, 2.24) is 0 Å². The minimum atomic E-state index is 0. The molecule has 0 amide bonds. The van der Waals surface area contributed by atoms with Crippen LogP contribution in [0.25, 0.3) is 0 Å². The van der Waals surface area contributed by atoms with Gasteiger partial charge in [0.2, 0.25) is 0 Å². The van der Waals surface area contributed by atoms with E-state index in [-0.39, 0.29) is 12.4 Å². The lowest BCUT2D eigenvalue weighted by molar-refractivity contribution is -0.654. The lowest BCUT2D eigenvalue weighted by atomic mass is 10.2. The zero-order chi connectivity index (χ0) is 16.1. The van der Waals surface area contributed by atoms with Gasteiger partial charge in [-0.3, -0.25) is 0 Å². The molecule has 3 rings (SSSR count). The maximum Gasteiger partial charge on any atom is 0.408 e. The molecule has 0 saturated heterocycles. The number of rotatable bonds is 5. The fourth-order valence-corrected chi connectivity index (χ4v) is 2.98. The average Bonchev–Trinajstić information content (AvgIpc) is 2.90. The molecule has 0 fully saturated rings. The summed E-state index contributed by atoms with van der Waals surface area (Å²) in [7, 11) is 1.98. The first-order chi connectivity index (χ1) is 11.2. The summed E-state index contributed by atoms with van der Waals surface area (Å²) in [4.78, 5) is 1.22. The molecule has 1 aromatic heterocycles. The highest BCUT2D eigenvalue weighted by Gasteiger charge is 2.10. The Morgan fingerprint density at radius 1 is 1.00 bits per heavy atom. The molecule has 2 aromatic carbocycles. The van der Waals surface area contributed by atoms with Gasteiger partial charge in [0.05, 0.1) is 12.2 Å². The topological polar surface area (TPSA) is 40.6 Å². The molecule has 0 radical (unpaired) electrons. The van der Waals surface area contributed by atoms with Gasteiger partial charge in [0.15, 0.2) is 0 Å². The first-order valence-electron chi connectivity index (χ1n) is 7.46. The van der Waals surface area contributed by atoms with Crippen LogP contribution in [-0.2, 0) is 13.6 Å². The van der Waals surface area contributed by atoms with E-state index in [4.69, 9.17) is 0 Å². The van der Waals surface area contributed by atoms with Crippen molar-refractivity contribution in [2.45, 2.75) is 13.5 Å². The number of hydrogen-bond acceptors (Lipinski definition) is 4. The summed E-state index contributed by atoms with van der Waals surface area (Å²) in [5.74, 6) is 0. The fourth-order valence-electron chi connectivity index (χ4n) is 2.21. The Hall–Kier alpha value is -2.24. The molecule has 0 spiro atoms. The predicted octanol–water partition coefficient (Wildman–Crippen LogP) is 1.91. The third-order valence-electron chi connectivity index (χ3n) is 3.39. The Balaban J connectivity index is 0.00000208. The van der Waals surface area contributed by atoms with Crippen LogP contribution in [0.4, 0.5) is 16.5 Å². The number of halogens is 1. The number of azo groups is 1. The van der Waals surface area contributed by atoms with Gasteiger partial charge in [0, 0.05) is 17.1 Å². The second-order valence-corrected chi connectivity index (χ2v) is 6.53. The monoisotopic (exact) mass is 358 g/mol. The number of aryl methyl sites for hydroxylation is 2. The first kappa shape index (κ1) is 18.1. The lowest BCUT2D eigenvalue weighted by Gasteiger charge is -2.05. The molecule has 0 aliphatic rings. The number of hydrogen-bond donors (Lipinski definition) is 1. The molecule has 4 nitrogen and oxygen atoms in total. The van der Waals surface area contributed by atoms with E-state index >= 15 is 0 Å². The highest BCUT2D eigenvalue weighted by atomic mass is 35.5. The summed E-state index contributed by atoms with van der Waals surface area (Å²) in [5, 5.41) is 12.9. The molecule has 1 heterocycles. The van der Waals surface area contributed by atoms with Crippen LogP contribution in [0.1, 0.15) is 10.4 Å². The van der Waals surface area contributed by atoms with Crippen molar-refractivity contribution < 1.29 is 17.0 Å². The molecule has 6 heteroatoms. The van der Waals surface area contributed by atoms with Crippen LogP contribution in [0.5, 0.6) is 0 Å². The normalized spacial score (nSPS) is 10.6. The predicted molar refractivity (Wildman–Crippen MR) is 94.6 cm³/mol. The molecule has 0 atom stereocenters. The van der Waals surface area contributed by atoms with Crippen LogP contribution in [0.2, 0.25) is 0 Å². The van der Waals surface area contributed by atoms with Gasteiger partial charge in [0.1, 0.15) is 11.9 Å². The van der Waals surface area contributed by atoms with E-state index in [1.54, 1.807) is 11.3 Å². The molecule has 0 aliphatic heterocycles. The highest BCUT2D eigenvalue weighted by Crippen LogP contribution is 2.22. The quantitative estimate of drug-likeness (QED) is 0.549. The van der Waals surface area contributed by atoms with Gasteiger partial charge < -0.3 is 17.7 Å². The van der Waals surface area contributed by atoms with E-state index in [1.807, 2.05) is 54.1 Å². The number of benzene rings is 2. The molecular formula is C18H19ClN4S. The highest BCUT2D eigenvalue weighted by molar-refractivity contribution is 7.14. The van der Waals surface area contributed by atoms with E-state index in [1.165, 1.54) is 10.4 Å². The Morgan fingerprint density at radius 3 is 2.33 bits per heavy atom. The molecular weight excluding hydrogens is 340 g/mol. The van der Waals surface area contributed by atoms with Crippen molar-refractivity contribution in [1.29, 1.82) is 0 Å². The molecule has 0 bridgehead atoms. The van der Waals surface area contributed by atoms with Gasteiger partial charge in [-0.15, -0.1) is 0 Å². The van der Waals surface area contributed by atoms with Crippen LogP contribution in [0, 0.1) is 6.92 Å². The van der Waals surface area contributed by atoms with E-state index in [2.05, 4.69) is 40.8 Å². The van der Waals surface area contributed by atoms with Crippen LogP contribution >= 0.6 is 11.3 Å². The Kier molecular flexibility index (Phi) is 6.46. The third-order valence-corrected chi connectivity index (χ3v) is 4.37. The number of thiazole rings is 1. The van der Waals surface area contributed by atoms with Crippen molar-refractivity contribution in [2.75, 3.05) is 5.32 Å². The van der Waals surface area contributed by atoms with Crippen LogP contribution in [0.15, 0.2) is 71.0 Å². The number of nitrogens with one attached hydrogen (secondary N) is 1. The molecule has 124 valence electrons. The van der Waals surface area contributed by atoms with Crippen LogP contribution < -0.4 is 22.3 Å². The van der Waals surface area contributed by atoms with Crippen LogP contribution in [-0.4, -0.2) is 0 Å². The first-order valence-corrected chi connectivity index (χ1v) is 8.28. The van der Waals surface area contributed by atoms with Crippen molar-refractivity contribution in [3.8, 4) is 0 Å². The Morgan fingerprint density at radius 2 is 1.71 bits per heavy atom. The summed E-state index contributed by atoms with van der Waals surface area (Å²) < 4.78 is 1.99. The number of aromatic nitrogens is 1. The molecule has 1 N–H and O–H groups in total. The van der Waals surface area contributed by atoms with E-state index in [0.717, 1.165) is 23.1 Å². The molecule has 3 aromatic rings. The van der Waals surface area contributed by atoms with Crippen molar-refractivity contribution in [2.24, 2.45) is 17.3 Å². The second kappa shape index (κ2) is 8.57. The zero-order valence-electron chi connectivity index (χ0n) is 13.6. The minimum Gasteiger partial charge on any atom is -1.00 e. The minimum absolute atomic E-state index is 0. The number of nitrogens with zero attached hydrogens (tertiary/aromatic N) is 3. The Bertz CT molecular complexity index is 798. The molecule has 24 heavy (non-hydrogen) atoms. The molecule has 0 saturated carbocycles. The summed E-state index contributed by atoms with van der Waals surface area (Å²) in [6.45, 7) is 2.88. The lowest BCUT2D eigenvalue weighted by Crippen LogP contribution is -3.00. The van der Waals surface area contributed by atoms with Gasteiger partial charge in [0.25, 0.3) is 0 Å². The summed E-state index contributed by atoms with van der Waals surface area (Å²) >= 11 is 1.63. The maximum atomic E-state index is 4.31. The largest absolute Gasteiger partial charge is 1.00 e. The van der Waals surface area contributed by atoms with Gasteiger partial charge in [-0.1, -0.05) is 30.3 Å². The summed E-state index contributed by atoms with van der Waals surface area (Å²) in [6, 6.07) is 18.3. The van der Waals surface area contributed by atoms with Gasteiger partial charge in [-0.25, -0.2) is 4.57 Å². The van der Waals surface area contributed by atoms with Gasteiger partial charge in [-0.2, -0.15) is 0 Å². The SMILES string of the molecule is Cc1c[n+](C)c(/N=N/c2ccc(NCc3ccccc3)cc2)s1.[Cl-]. The smallest absolute Gasteiger partial charge is 0.408 e. The zero-order valence-corrected chi connectivity index (χ0v) is 15.2. The van der Waals surface area contributed by atoms with E-state index in [0.29, 0.717) is 0 Å². The van der Waals surface area contributed by atoms with Gasteiger partial charge in [-0.05, 0) is 53.2 Å². The third kappa shape index (κ3) is 4.88. The summed E-state index contributed by atoms with van der Waals surface area (Å²) in [6.07, 6.45) is 2.05. The standard InChI is InChI=1S/C18H18N4S.ClH/c1-14-13-22(2)18(23-14)21-20-17-10-8-16(9-11-17)19-12-15-6-4-3-5-7-15;/h3-11,13H,12H2,1-2H3;1H. The number of anilines is 1. The Labute approximate surface area is 152 Å². The summed E-state index contributed by atoms with van der Waals surface area (Å²) in [5.41, 5.74) is 3.18.